The lowest BCUT2D eigenvalue weighted by Crippen LogP contribution is -2.41. The van der Waals surface area contributed by atoms with Crippen molar-refractivity contribution in [3.8, 4) is 0 Å². The number of ether oxygens (including phenoxy) is 1. The van der Waals surface area contributed by atoms with E-state index in [9.17, 15) is 0 Å². The molecule has 0 fully saturated rings. The second-order valence-corrected chi connectivity index (χ2v) is 2.82. The number of nitrogens with one attached hydrogen (secondary N) is 2. The Labute approximate surface area is 79.7 Å². The van der Waals surface area contributed by atoms with Crippen LogP contribution in [0, 0.1) is 0 Å². The smallest absolute Gasteiger partial charge is 0.205 e. The molecule has 0 amide bonds. The van der Waals surface area contributed by atoms with Crippen molar-refractivity contribution in [1.29, 1.82) is 0 Å². The lowest BCUT2D eigenvalue weighted by atomic mass is 10.5. The Hall–Kier alpha value is -0.810. The van der Waals surface area contributed by atoms with Crippen molar-refractivity contribution in [3.63, 3.8) is 0 Å². The standard InChI is InChI=1S/C8H20N4O/c1-4-10-8(12-9)11-5-6-13-7(2)3/h7H,4-6,9H2,1-3H3,(H2,10,11,12). The molecule has 4 N–H and O–H groups in total. The molecule has 0 bridgehead atoms. The Balaban J connectivity index is 3.54. The summed E-state index contributed by atoms with van der Waals surface area (Å²) in [6, 6.07) is 0. The molecule has 0 heterocycles. The van der Waals surface area contributed by atoms with Crippen molar-refractivity contribution in [2.24, 2.45) is 10.8 Å². The number of guanidine groups is 1. The predicted octanol–water partition coefficient (Wildman–Crippen LogP) is -0.160. The van der Waals surface area contributed by atoms with E-state index in [1.54, 1.807) is 0 Å². The molecule has 0 spiro atoms. The van der Waals surface area contributed by atoms with Gasteiger partial charge in [-0.3, -0.25) is 5.43 Å². The van der Waals surface area contributed by atoms with Gasteiger partial charge in [0.25, 0.3) is 0 Å². The van der Waals surface area contributed by atoms with E-state index in [1.807, 2.05) is 20.8 Å². The topological polar surface area (TPSA) is 71.7 Å². The van der Waals surface area contributed by atoms with Crippen LogP contribution in [0.15, 0.2) is 4.99 Å². The van der Waals surface area contributed by atoms with Crippen LogP contribution in [-0.2, 0) is 4.74 Å². The molecular formula is C8H20N4O. The van der Waals surface area contributed by atoms with E-state index < -0.39 is 0 Å². The van der Waals surface area contributed by atoms with Crippen molar-refractivity contribution in [2.45, 2.75) is 26.9 Å². The van der Waals surface area contributed by atoms with Crippen LogP contribution in [0.3, 0.4) is 0 Å². The molecule has 0 rings (SSSR count). The highest BCUT2D eigenvalue weighted by molar-refractivity contribution is 5.78. The second-order valence-electron chi connectivity index (χ2n) is 2.82. The van der Waals surface area contributed by atoms with Crippen LogP contribution in [0.5, 0.6) is 0 Å². The Morgan fingerprint density at radius 3 is 2.69 bits per heavy atom. The van der Waals surface area contributed by atoms with Gasteiger partial charge in [-0.1, -0.05) is 0 Å². The summed E-state index contributed by atoms with van der Waals surface area (Å²) in [5.74, 6) is 5.82. The van der Waals surface area contributed by atoms with Crippen LogP contribution < -0.4 is 16.6 Å². The highest BCUT2D eigenvalue weighted by Gasteiger charge is 1.93. The fourth-order valence-corrected chi connectivity index (χ4v) is 0.766. The Kier molecular flexibility index (Phi) is 7.33. The van der Waals surface area contributed by atoms with E-state index in [-0.39, 0.29) is 6.10 Å². The molecule has 0 aromatic rings. The number of hydrogen-bond donors (Lipinski definition) is 3. The summed E-state index contributed by atoms with van der Waals surface area (Å²) in [6.07, 6.45) is 0.253. The Morgan fingerprint density at radius 2 is 2.23 bits per heavy atom. The first-order valence-electron chi connectivity index (χ1n) is 4.57. The van der Waals surface area contributed by atoms with E-state index in [2.05, 4.69) is 15.7 Å². The molecule has 5 nitrogen and oxygen atoms in total. The zero-order valence-corrected chi connectivity index (χ0v) is 8.63. The minimum Gasteiger partial charge on any atom is -0.377 e. The third kappa shape index (κ3) is 7.55. The molecule has 0 aliphatic heterocycles. The van der Waals surface area contributed by atoms with Gasteiger partial charge in [0.05, 0.1) is 19.3 Å². The van der Waals surface area contributed by atoms with E-state index in [0.29, 0.717) is 19.1 Å². The second kappa shape index (κ2) is 7.82. The average molecular weight is 188 g/mol. The van der Waals surface area contributed by atoms with Crippen molar-refractivity contribution >= 4 is 5.96 Å². The van der Waals surface area contributed by atoms with Crippen LogP contribution in [0.1, 0.15) is 20.8 Å². The summed E-state index contributed by atoms with van der Waals surface area (Å²) in [5, 5.41) is 2.98. The number of aliphatic imine (C=N–C) groups is 1. The van der Waals surface area contributed by atoms with Crippen molar-refractivity contribution in [3.05, 3.63) is 0 Å². The van der Waals surface area contributed by atoms with Crippen LogP contribution in [0.25, 0.3) is 0 Å². The summed E-state index contributed by atoms with van der Waals surface area (Å²) < 4.78 is 5.31. The van der Waals surface area contributed by atoms with Crippen LogP contribution in [0.4, 0.5) is 0 Å². The molecule has 78 valence electrons. The zero-order valence-electron chi connectivity index (χ0n) is 8.63. The molecule has 0 atom stereocenters. The van der Waals surface area contributed by atoms with E-state index in [0.717, 1.165) is 6.54 Å². The van der Waals surface area contributed by atoms with Gasteiger partial charge in [-0.2, -0.15) is 0 Å². The van der Waals surface area contributed by atoms with Gasteiger partial charge >= 0.3 is 0 Å². The van der Waals surface area contributed by atoms with E-state index >= 15 is 0 Å². The van der Waals surface area contributed by atoms with Gasteiger partial charge in [0.2, 0.25) is 5.96 Å². The average Bonchev–Trinajstić information content (AvgIpc) is 2.10. The van der Waals surface area contributed by atoms with Crippen LogP contribution in [-0.4, -0.2) is 31.8 Å². The summed E-state index contributed by atoms with van der Waals surface area (Å²) in [6.45, 7) is 8.01. The van der Waals surface area contributed by atoms with Gasteiger partial charge in [-0.25, -0.2) is 10.8 Å². The van der Waals surface area contributed by atoms with Gasteiger partial charge < -0.3 is 10.1 Å². The number of nitrogens with zero attached hydrogens (tertiary/aromatic N) is 1. The lowest BCUT2D eigenvalue weighted by molar-refractivity contribution is 0.0853. The summed E-state index contributed by atoms with van der Waals surface area (Å²) in [7, 11) is 0. The molecule has 0 aromatic carbocycles. The first-order chi connectivity index (χ1) is 6.20. The first-order valence-corrected chi connectivity index (χ1v) is 4.57. The summed E-state index contributed by atoms with van der Waals surface area (Å²) >= 11 is 0. The molecule has 0 radical (unpaired) electrons. The highest BCUT2D eigenvalue weighted by atomic mass is 16.5. The van der Waals surface area contributed by atoms with Gasteiger partial charge in [-0.05, 0) is 20.8 Å². The maximum Gasteiger partial charge on any atom is 0.205 e. The van der Waals surface area contributed by atoms with Gasteiger partial charge in [0, 0.05) is 6.54 Å². The fraction of sp³-hybridized carbons (Fsp3) is 0.875. The minimum atomic E-state index is 0.253. The van der Waals surface area contributed by atoms with Gasteiger partial charge in [-0.15, -0.1) is 0 Å². The summed E-state index contributed by atoms with van der Waals surface area (Å²) in [4.78, 5) is 4.15. The van der Waals surface area contributed by atoms with E-state index in [1.165, 1.54) is 0 Å². The fourth-order valence-electron chi connectivity index (χ4n) is 0.766. The van der Waals surface area contributed by atoms with E-state index in [4.69, 9.17) is 10.6 Å². The third-order valence-electron chi connectivity index (χ3n) is 1.29. The van der Waals surface area contributed by atoms with Crippen molar-refractivity contribution < 1.29 is 4.74 Å². The van der Waals surface area contributed by atoms with Crippen LogP contribution >= 0.6 is 0 Å². The molecule has 0 saturated carbocycles. The number of hydrogen-bond acceptors (Lipinski definition) is 3. The Morgan fingerprint density at radius 1 is 1.54 bits per heavy atom. The maximum absolute atomic E-state index is 5.31. The SMILES string of the molecule is CCNC(=NCCOC(C)C)NN. The molecule has 0 aliphatic carbocycles. The number of nitrogens with two attached hydrogens (primary N) is 1. The molecule has 0 aliphatic rings. The highest BCUT2D eigenvalue weighted by Crippen LogP contribution is 1.86. The number of rotatable bonds is 5. The Bertz CT molecular complexity index is 147. The maximum atomic E-state index is 5.31. The van der Waals surface area contributed by atoms with Crippen molar-refractivity contribution in [1.82, 2.24) is 10.7 Å². The molecule has 0 aromatic heterocycles. The lowest BCUT2D eigenvalue weighted by Gasteiger charge is -2.08. The zero-order chi connectivity index (χ0) is 10.1. The quantitative estimate of drug-likeness (QED) is 0.184. The van der Waals surface area contributed by atoms with Gasteiger partial charge in [0.15, 0.2) is 0 Å². The molecule has 13 heavy (non-hydrogen) atoms. The summed E-state index contributed by atoms with van der Waals surface area (Å²) in [5.41, 5.74) is 2.47. The van der Waals surface area contributed by atoms with Crippen LogP contribution in [0.2, 0.25) is 0 Å². The largest absolute Gasteiger partial charge is 0.377 e. The molecule has 0 unspecified atom stereocenters. The molecular weight excluding hydrogens is 168 g/mol. The normalized spacial score (nSPS) is 11.9. The minimum absolute atomic E-state index is 0.253. The molecule has 5 heteroatoms. The molecule has 0 saturated heterocycles. The van der Waals surface area contributed by atoms with Crippen molar-refractivity contribution in [2.75, 3.05) is 19.7 Å². The first kappa shape index (κ1) is 12.2. The number of hydrazine groups is 1. The van der Waals surface area contributed by atoms with Gasteiger partial charge in [0.1, 0.15) is 0 Å². The third-order valence-corrected chi connectivity index (χ3v) is 1.29. The monoisotopic (exact) mass is 188 g/mol. The predicted molar refractivity (Wildman–Crippen MR) is 54.4 cm³/mol.